The Bertz CT molecular complexity index is 2240. The van der Waals surface area contributed by atoms with Crippen LogP contribution in [0.3, 0.4) is 0 Å². The molecule has 7 rings (SSSR count). The zero-order chi connectivity index (χ0) is 36.6. The minimum Gasteiger partial charge on any atom is -0.457 e. The van der Waals surface area contributed by atoms with Crippen molar-refractivity contribution < 1.29 is 4.74 Å². The van der Waals surface area contributed by atoms with Crippen LogP contribution < -0.4 is 4.74 Å². The smallest absolute Gasteiger partial charge is 0.137 e. The minimum atomic E-state index is -0.0786. The van der Waals surface area contributed by atoms with Crippen LogP contribution in [-0.2, 0) is 18.3 Å². The molecule has 6 aromatic rings. The quantitative estimate of drug-likeness (QED) is 0.127. The highest BCUT2D eigenvalue weighted by atomic mass is 16.5. The molecular weight excluding hydrogens is 637 g/mol. The average molecular weight is 693 g/mol. The Labute approximate surface area is 310 Å². The lowest BCUT2D eigenvalue weighted by atomic mass is 9.75. The molecule has 0 radical (unpaired) electrons. The Hall–Kier alpha value is -4.64. The van der Waals surface area contributed by atoms with Gasteiger partial charge in [0, 0.05) is 46.3 Å². The summed E-state index contributed by atoms with van der Waals surface area (Å²) in [6, 6.07) is 26.2. The van der Waals surface area contributed by atoms with E-state index in [9.17, 15) is 0 Å². The van der Waals surface area contributed by atoms with Crippen molar-refractivity contribution >= 4 is 21.8 Å². The molecule has 5 heteroatoms. The molecule has 5 nitrogen and oxygen atoms in total. The largest absolute Gasteiger partial charge is 0.457 e. The van der Waals surface area contributed by atoms with Crippen LogP contribution in [0.15, 0.2) is 90.6 Å². The monoisotopic (exact) mass is 692 g/mol. The summed E-state index contributed by atoms with van der Waals surface area (Å²) >= 11 is 0. The van der Waals surface area contributed by atoms with Gasteiger partial charge in [-0.1, -0.05) is 84.2 Å². The molecule has 3 aromatic heterocycles. The summed E-state index contributed by atoms with van der Waals surface area (Å²) in [7, 11) is 0. The van der Waals surface area contributed by atoms with Crippen molar-refractivity contribution in [2.75, 3.05) is 0 Å². The first-order valence-electron chi connectivity index (χ1n) is 19.6. The molecule has 0 N–H and O–H groups in total. The Morgan fingerprint density at radius 2 is 1.60 bits per heavy atom. The molecule has 3 heterocycles. The number of fused-ring (bicyclic) bond motifs is 3. The van der Waals surface area contributed by atoms with Crippen molar-refractivity contribution in [2.24, 2.45) is 5.92 Å². The van der Waals surface area contributed by atoms with Gasteiger partial charge in [0.2, 0.25) is 0 Å². The summed E-state index contributed by atoms with van der Waals surface area (Å²) in [5.74, 6) is 3.58. The maximum atomic E-state index is 6.87. The molecule has 0 aliphatic heterocycles. The first kappa shape index (κ1) is 35.7. The highest BCUT2D eigenvalue weighted by Crippen LogP contribution is 2.43. The second kappa shape index (κ2) is 14.8. The van der Waals surface area contributed by atoms with E-state index in [2.05, 4.69) is 144 Å². The SMILES string of the molecule is CCCCc1ccnc(-n2c3ccccc3c3ccc(Oc4cc(-n5nc(C)c([C@H]6C(C)=CCC[C@@H]6C)c5CCCC)cc(C(C)(C)C)c4)cc32)c1. The summed E-state index contributed by atoms with van der Waals surface area (Å²) in [6.07, 6.45) is 13.5. The van der Waals surface area contributed by atoms with E-state index in [1.165, 1.54) is 64.4 Å². The van der Waals surface area contributed by atoms with Crippen LogP contribution in [0.2, 0.25) is 0 Å². The lowest BCUT2D eigenvalue weighted by molar-refractivity contribution is 0.446. The third kappa shape index (κ3) is 6.95. The third-order valence-electron chi connectivity index (χ3n) is 11.2. The van der Waals surface area contributed by atoms with Crippen LogP contribution in [0.25, 0.3) is 33.3 Å². The normalized spacial score (nSPS) is 16.5. The fraction of sp³-hybridized carbons (Fsp3) is 0.404. The fourth-order valence-corrected chi connectivity index (χ4v) is 8.33. The van der Waals surface area contributed by atoms with E-state index < -0.39 is 0 Å². The number of para-hydroxylation sites is 1. The van der Waals surface area contributed by atoms with Crippen LogP contribution in [0.5, 0.6) is 11.5 Å². The first-order chi connectivity index (χ1) is 25.1. The summed E-state index contributed by atoms with van der Waals surface area (Å²) in [5, 5.41) is 7.71. The average Bonchev–Trinajstić information content (AvgIpc) is 3.63. The summed E-state index contributed by atoms with van der Waals surface area (Å²) in [6.45, 7) is 18.3. The number of unbranched alkanes of at least 4 members (excludes halogenated alkanes) is 2. The summed E-state index contributed by atoms with van der Waals surface area (Å²) in [5.41, 5.74) is 11.2. The highest BCUT2D eigenvalue weighted by Gasteiger charge is 2.31. The molecule has 3 aromatic carbocycles. The molecule has 0 amide bonds. The number of hydrogen-bond donors (Lipinski definition) is 0. The van der Waals surface area contributed by atoms with Gasteiger partial charge in [-0.25, -0.2) is 9.67 Å². The topological polar surface area (TPSA) is 44.9 Å². The van der Waals surface area contributed by atoms with Gasteiger partial charge in [-0.15, -0.1) is 0 Å². The van der Waals surface area contributed by atoms with Crippen molar-refractivity contribution in [3.63, 3.8) is 0 Å². The number of pyridine rings is 1. The number of nitrogens with zero attached hydrogens (tertiary/aromatic N) is 4. The third-order valence-corrected chi connectivity index (χ3v) is 11.2. The predicted octanol–water partition coefficient (Wildman–Crippen LogP) is 12.9. The van der Waals surface area contributed by atoms with Crippen LogP contribution in [-0.4, -0.2) is 19.3 Å². The Kier molecular flexibility index (Phi) is 10.2. The number of aryl methyl sites for hydroxylation is 2. The van der Waals surface area contributed by atoms with Gasteiger partial charge < -0.3 is 4.74 Å². The number of benzene rings is 3. The van der Waals surface area contributed by atoms with Crippen LogP contribution >= 0.6 is 0 Å². The van der Waals surface area contributed by atoms with Crippen molar-refractivity contribution in [1.82, 2.24) is 19.3 Å². The number of rotatable bonds is 11. The Balaban J connectivity index is 1.34. The van der Waals surface area contributed by atoms with Gasteiger partial charge in [-0.3, -0.25) is 4.57 Å². The maximum absolute atomic E-state index is 6.87. The van der Waals surface area contributed by atoms with Gasteiger partial charge >= 0.3 is 0 Å². The molecule has 0 bridgehead atoms. The van der Waals surface area contributed by atoms with E-state index in [-0.39, 0.29) is 5.41 Å². The van der Waals surface area contributed by atoms with Crippen molar-refractivity contribution in [3.8, 4) is 23.0 Å². The van der Waals surface area contributed by atoms with Gasteiger partial charge in [0.15, 0.2) is 0 Å². The zero-order valence-corrected chi connectivity index (χ0v) is 32.6. The van der Waals surface area contributed by atoms with Gasteiger partial charge in [-0.2, -0.15) is 5.10 Å². The van der Waals surface area contributed by atoms with Gasteiger partial charge in [0.05, 0.1) is 22.4 Å². The maximum Gasteiger partial charge on any atom is 0.137 e. The van der Waals surface area contributed by atoms with Crippen LogP contribution in [0.1, 0.15) is 121 Å². The second-order valence-electron chi connectivity index (χ2n) is 16.2. The summed E-state index contributed by atoms with van der Waals surface area (Å²) < 4.78 is 11.4. The standard InChI is InChI=1S/C47H56N4O/c1-9-11-18-34-24-25-48-44(26-34)50-41-21-14-13-19-39(41)40-23-22-37(30-43(40)50)52-38-28-35(47(6,7)8)27-36(29-38)51-42(20-12-10-2)46(33(5)49-51)45-31(3)16-15-17-32(45)4/h13-14,16,19,21-30,32,45H,9-12,15,17-18,20H2,1-8H3/t32-,45-/m0/s1. The lowest BCUT2D eigenvalue weighted by Crippen LogP contribution is -2.17. The van der Waals surface area contributed by atoms with Gasteiger partial charge in [0.1, 0.15) is 17.3 Å². The number of ether oxygens (including phenoxy) is 1. The van der Waals surface area contributed by atoms with Gasteiger partial charge in [-0.05, 0) is 117 Å². The van der Waals surface area contributed by atoms with Crippen LogP contribution in [0, 0.1) is 12.8 Å². The molecule has 0 saturated carbocycles. The van der Waals surface area contributed by atoms with Gasteiger partial charge in [0.25, 0.3) is 0 Å². The number of hydrogen-bond acceptors (Lipinski definition) is 3. The lowest BCUT2D eigenvalue weighted by Gasteiger charge is -2.30. The molecule has 1 aliphatic carbocycles. The van der Waals surface area contributed by atoms with Crippen molar-refractivity contribution in [3.05, 3.63) is 119 Å². The first-order valence-corrected chi connectivity index (χ1v) is 19.6. The summed E-state index contributed by atoms with van der Waals surface area (Å²) in [4.78, 5) is 4.88. The van der Waals surface area contributed by atoms with E-state index in [0.717, 1.165) is 65.4 Å². The van der Waals surface area contributed by atoms with E-state index in [4.69, 9.17) is 14.8 Å². The minimum absolute atomic E-state index is 0.0786. The highest BCUT2D eigenvalue weighted by molar-refractivity contribution is 6.09. The molecule has 0 spiro atoms. The number of allylic oxidation sites excluding steroid dienone is 2. The molecule has 0 unspecified atom stereocenters. The van der Waals surface area contributed by atoms with E-state index in [1.807, 2.05) is 6.20 Å². The van der Waals surface area contributed by atoms with Crippen molar-refractivity contribution in [2.45, 2.75) is 118 Å². The molecule has 52 heavy (non-hydrogen) atoms. The predicted molar refractivity (Wildman–Crippen MR) is 218 cm³/mol. The number of aromatic nitrogens is 4. The van der Waals surface area contributed by atoms with E-state index >= 15 is 0 Å². The second-order valence-corrected chi connectivity index (χ2v) is 16.2. The molecule has 1 aliphatic rings. The fourth-order valence-electron chi connectivity index (χ4n) is 8.33. The molecular formula is C47H56N4O. The molecule has 270 valence electrons. The van der Waals surface area contributed by atoms with E-state index in [1.54, 1.807) is 0 Å². The zero-order valence-electron chi connectivity index (χ0n) is 32.6. The van der Waals surface area contributed by atoms with E-state index in [0.29, 0.717) is 11.8 Å². The molecule has 0 fully saturated rings. The molecule has 2 atom stereocenters. The Morgan fingerprint density at radius 1 is 0.827 bits per heavy atom. The Morgan fingerprint density at radius 3 is 2.37 bits per heavy atom. The molecule has 0 saturated heterocycles. The van der Waals surface area contributed by atoms with Crippen LogP contribution in [0.4, 0.5) is 0 Å². The van der Waals surface area contributed by atoms with Crippen molar-refractivity contribution in [1.29, 1.82) is 0 Å².